The van der Waals surface area contributed by atoms with Gasteiger partial charge < -0.3 is 14.8 Å². The summed E-state index contributed by atoms with van der Waals surface area (Å²) in [7, 11) is 0. The Kier molecular flexibility index (Phi) is 6.61. The van der Waals surface area contributed by atoms with Crippen molar-refractivity contribution in [2.45, 2.75) is 13.8 Å². The van der Waals surface area contributed by atoms with E-state index in [1.165, 1.54) is 5.56 Å². The zero-order valence-corrected chi connectivity index (χ0v) is 10.2. The predicted molar refractivity (Wildman–Crippen MR) is 66.0 cm³/mol. The second-order valence-corrected chi connectivity index (χ2v) is 3.61. The average Bonchev–Trinajstić information content (AvgIpc) is 2.28. The molecule has 1 N–H and O–H groups in total. The van der Waals surface area contributed by atoms with Crippen molar-refractivity contribution in [2.75, 3.05) is 32.9 Å². The number of benzene rings is 1. The summed E-state index contributed by atoms with van der Waals surface area (Å²) in [5.74, 6) is 0.937. The molecular weight excluding hydrogens is 202 g/mol. The Bertz CT molecular complexity index is 289. The van der Waals surface area contributed by atoms with Crippen LogP contribution in [-0.4, -0.2) is 32.9 Å². The summed E-state index contributed by atoms with van der Waals surface area (Å²) in [6.07, 6.45) is 0. The van der Waals surface area contributed by atoms with Gasteiger partial charge in [-0.2, -0.15) is 0 Å². The van der Waals surface area contributed by atoms with Crippen LogP contribution in [0, 0.1) is 6.92 Å². The molecule has 90 valence electrons. The summed E-state index contributed by atoms with van der Waals surface area (Å²) in [5, 5.41) is 3.26. The third kappa shape index (κ3) is 5.73. The van der Waals surface area contributed by atoms with Crippen LogP contribution in [0.1, 0.15) is 12.5 Å². The maximum Gasteiger partial charge on any atom is 0.119 e. The smallest absolute Gasteiger partial charge is 0.119 e. The summed E-state index contributed by atoms with van der Waals surface area (Å²) in [6.45, 7) is 8.03. The number of rotatable bonds is 8. The van der Waals surface area contributed by atoms with E-state index in [9.17, 15) is 0 Å². The summed E-state index contributed by atoms with van der Waals surface area (Å²) in [5.41, 5.74) is 1.22. The van der Waals surface area contributed by atoms with Crippen molar-refractivity contribution in [3.63, 3.8) is 0 Å². The number of nitrogens with one attached hydrogen (secondary N) is 1. The van der Waals surface area contributed by atoms with Crippen molar-refractivity contribution >= 4 is 0 Å². The van der Waals surface area contributed by atoms with Crippen molar-refractivity contribution in [1.29, 1.82) is 0 Å². The summed E-state index contributed by atoms with van der Waals surface area (Å²) in [4.78, 5) is 0. The highest BCUT2D eigenvalue weighted by Crippen LogP contribution is 2.11. The van der Waals surface area contributed by atoms with Crippen molar-refractivity contribution < 1.29 is 9.47 Å². The number of ether oxygens (including phenoxy) is 2. The molecule has 1 rings (SSSR count). The molecular formula is C13H21NO2. The van der Waals surface area contributed by atoms with E-state index in [0.717, 1.165) is 32.1 Å². The van der Waals surface area contributed by atoms with Crippen LogP contribution in [0.4, 0.5) is 0 Å². The van der Waals surface area contributed by atoms with Crippen LogP contribution in [0.3, 0.4) is 0 Å². The fraction of sp³-hybridized carbons (Fsp3) is 0.538. The van der Waals surface area contributed by atoms with Gasteiger partial charge >= 0.3 is 0 Å². The lowest BCUT2D eigenvalue weighted by Crippen LogP contribution is -2.25. The van der Waals surface area contributed by atoms with Gasteiger partial charge in [0.15, 0.2) is 0 Å². The number of hydrogen-bond acceptors (Lipinski definition) is 3. The first-order valence-corrected chi connectivity index (χ1v) is 5.81. The zero-order chi connectivity index (χ0) is 11.6. The lowest BCUT2D eigenvalue weighted by Gasteiger charge is -2.08. The van der Waals surface area contributed by atoms with Crippen molar-refractivity contribution in [3.8, 4) is 5.75 Å². The Labute approximate surface area is 97.8 Å². The Morgan fingerprint density at radius 3 is 2.75 bits per heavy atom. The Balaban J connectivity index is 2.03. The molecule has 0 bridgehead atoms. The van der Waals surface area contributed by atoms with Gasteiger partial charge in [0.25, 0.3) is 0 Å². The topological polar surface area (TPSA) is 30.5 Å². The quantitative estimate of drug-likeness (QED) is 0.684. The van der Waals surface area contributed by atoms with Gasteiger partial charge in [0, 0.05) is 19.7 Å². The van der Waals surface area contributed by atoms with Crippen LogP contribution in [0.5, 0.6) is 5.75 Å². The summed E-state index contributed by atoms with van der Waals surface area (Å²) in [6, 6.07) is 8.09. The van der Waals surface area contributed by atoms with Crippen LogP contribution in [0.15, 0.2) is 24.3 Å². The molecule has 1 aromatic carbocycles. The largest absolute Gasteiger partial charge is 0.492 e. The SMILES string of the molecule is CCOCCNCCOc1cccc(C)c1. The highest BCUT2D eigenvalue weighted by molar-refractivity contribution is 5.27. The fourth-order valence-electron chi connectivity index (χ4n) is 1.36. The number of hydrogen-bond donors (Lipinski definition) is 1. The van der Waals surface area contributed by atoms with Crippen molar-refractivity contribution in [2.24, 2.45) is 0 Å². The predicted octanol–water partition coefficient (Wildman–Crippen LogP) is 2.00. The van der Waals surface area contributed by atoms with E-state index < -0.39 is 0 Å². The standard InChI is InChI=1S/C13H21NO2/c1-3-15-9-7-14-8-10-16-13-6-4-5-12(2)11-13/h4-6,11,14H,3,7-10H2,1-2H3. The minimum absolute atomic E-state index is 0.690. The van der Waals surface area contributed by atoms with Gasteiger partial charge in [-0.05, 0) is 31.5 Å². The van der Waals surface area contributed by atoms with Gasteiger partial charge in [0.2, 0.25) is 0 Å². The van der Waals surface area contributed by atoms with Gasteiger partial charge in [-0.1, -0.05) is 12.1 Å². The van der Waals surface area contributed by atoms with Gasteiger partial charge in [0.05, 0.1) is 6.61 Å². The molecule has 0 aliphatic carbocycles. The second kappa shape index (κ2) is 8.13. The second-order valence-electron chi connectivity index (χ2n) is 3.61. The van der Waals surface area contributed by atoms with Crippen LogP contribution in [0.25, 0.3) is 0 Å². The minimum atomic E-state index is 0.690. The normalized spacial score (nSPS) is 10.4. The van der Waals surface area contributed by atoms with Gasteiger partial charge in [0.1, 0.15) is 12.4 Å². The van der Waals surface area contributed by atoms with Crippen LogP contribution in [-0.2, 0) is 4.74 Å². The molecule has 0 aliphatic rings. The zero-order valence-electron chi connectivity index (χ0n) is 10.2. The highest BCUT2D eigenvalue weighted by atomic mass is 16.5. The maximum atomic E-state index is 5.59. The number of aryl methyl sites for hydroxylation is 1. The molecule has 0 saturated heterocycles. The molecule has 0 heterocycles. The Morgan fingerprint density at radius 2 is 2.00 bits per heavy atom. The first-order valence-electron chi connectivity index (χ1n) is 5.81. The molecule has 0 radical (unpaired) electrons. The molecule has 0 aromatic heterocycles. The molecule has 3 heteroatoms. The van der Waals surface area contributed by atoms with E-state index in [1.807, 2.05) is 25.1 Å². The third-order valence-corrected chi connectivity index (χ3v) is 2.16. The lowest BCUT2D eigenvalue weighted by atomic mass is 10.2. The molecule has 0 atom stereocenters. The van der Waals surface area contributed by atoms with Crippen LogP contribution in [0.2, 0.25) is 0 Å². The maximum absolute atomic E-state index is 5.59. The first kappa shape index (κ1) is 13.0. The summed E-state index contributed by atoms with van der Waals surface area (Å²) >= 11 is 0. The third-order valence-electron chi connectivity index (χ3n) is 2.16. The van der Waals surface area contributed by atoms with Gasteiger partial charge in [-0.15, -0.1) is 0 Å². The van der Waals surface area contributed by atoms with E-state index in [4.69, 9.17) is 9.47 Å². The van der Waals surface area contributed by atoms with E-state index in [1.54, 1.807) is 0 Å². The Morgan fingerprint density at radius 1 is 1.19 bits per heavy atom. The first-order chi connectivity index (χ1) is 7.83. The fourth-order valence-corrected chi connectivity index (χ4v) is 1.36. The average molecular weight is 223 g/mol. The van der Waals surface area contributed by atoms with Crippen LogP contribution >= 0.6 is 0 Å². The van der Waals surface area contributed by atoms with Crippen molar-refractivity contribution in [1.82, 2.24) is 5.32 Å². The molecule has 3 nitrogen and oxygen atoms in total. The highest BCUT2D eigenvalue weighted by Gasteiger charge is 1.93. The van der Waals surface area contributed by atoms with Crippen molar-refractivity contribution in [3.05, 3.63) is 29.8 Å². The molecule has 0 aliphatic heterocycles. The molecule has 0 saturated carbocycles. The van der Waals surface area contributed by atoms with E-state index in [0.29, 0.717) is 6.61 Å². The molecule has 16 heavy (non-hydrogen) atoms. The summed E-state index contributed by atoms with van der Waals surface area (Å²) < 4.78 is 10.8. The molecule has 0 fully saturated rings. The Hall–Kier alpha value is -1.06. The molecule has 0 spiro atoms. The molecule has 0 amide bonds. The van der Waals surface area contributed by atoms with Crippen LogP contribution < -0.4 is 10.1 Å². The van der Waals surface area contributed by atoms with E-state index >= 15 is 0 Å². The monoisotopic (exact) mass is 223 g/mol. The minimum Gasteiger partial charge on any atom is -0.492 e. The van der Waals surface area contributed by atoms with E-state index in [-0.39, 0.29) is 0 Å². The lowest BCUT2D eigenvalue weighted by molar-refractivity contribution is 0.148. The van der Waals surface area contributed by atoms with Gasteiger partial charge in [-0.25, -0.2) is 0 Å². The van der Waals surface area contributed by atoms with Gasteiger partial charge in [-0.3, -0.25) is 0 Å². The molecule has 1 aromatic rings. The molecule has 0 unspecified atom stereocenters. The van der Waals surface area contributed by atoms with E-state index in [2.05, 4.69) is 18.3 Å².